The van der Waals surface area contributed by atoms with Crippen LogP contribution in [0.15, 0.2) is 59.1 Å². The van der Waals surface area contributed by atoms with E-state index >= 15 is 0 Å². The van der Waals surface area contributed by atoms with Crippen LogP contribution in [0, 0.1) is 0 Å². The van der Waals surface area contributed by atoms with E-state index < -0.39 is 28.5 Å². The number of sulfonamides is 1. The van der Waals surface area contributed by atoms with Gasteiger partial charge in [-0.05, 0) is 52.9 Å². The molecule has 2 aromatic rings. The molecule has 1 fully saturated rings. The topological polar surface area (TPSA) is 86.8 Å². The molecule has 9 heteroatoms. The number of anilines is 1. The lowest BCUT2D eigenvalue weighted by atomic mass is 10.1. The number of carbonyl (C=O) groups is 2. The maximum absolute atomic E-state index is 13.7. The second kappa shape index (κ2) is 11.8. The number of rotatable bonds is 10. The van der Waals surface area contributed by atoms with Gasteiger partial charge >= 0.3 is 0 Å². The number of nitrogens with one attached hydrogen (secondary N) is 1. The van der Waals surface area contributed by atoms with Crippen molar-refractivity contribution in [1.29, 1.82) is 0 Å². The third-order valence-electron chi connectivity index (χ3n) is 6.08. The predicted octanol–water partition coefficient (Wildman–Crippen LogP) is 4.08. The van der Waals surface area contributed by atoms with Crippen LogP contribution >= 0.6 is 15.9 Å². The smallest absolute Gasteiger partial charge is 0.244 e. The first kappa shape index (κ1) is 26.2. The first-order valence-electron chi connectivity index (χ1n) is 11.6. The van der Waals surface area contributed by atoms with Gasteiger partial charge in [-0.25, -0.2) is 8.42 Å². The Hall–Kier alpha value is -2.39. The molecule has 1 N–H and O–H groups in total. The van der Waals surface area contributed by atoms with E-state index in [1.54, 1.807) is 24.3 Å². The fourth-order valence-electron chi connectivity index (χ4n) is 4.32. The monoisotopic (exact) mass is 549 g/mol. The Morgan fingerprint density at radius 2 is 1.68 bits per heavy atom. The van der Waals surface area contributed by atoms with Crippen molar-refractivity contribution in [2.75, 3.05) is 17.1 Å². The number of hydrogen-bond acceptors (Lipinski definition) is 4. The third kappa shape index (κ3) is 6.82. The summed E-state index contributed by atoms with van der Waals surface area (Å²) in [5, 5.41) is 3.10. The Morgan fingerprint density at radius 3 is 2.26 bits per heavy atom. The summed E-state index contributed by atoms with van der Waals surface area (Å²) >= 11 is 3.39. The summed E-state index contributed by atoms with van der Waals surface area (Å²) in [6.45, 7) is 1.68. The van der Waals surface area contributed by atoms with Crippen LogP contribution in [0.3, 0.4) is 0 Å². The highest BCUT2D eigenvalue weighted by Gasteiger charge is 2.33. The zero-order valence-electron chi connectivity index (χ0n) is 19.6. The van der Waals surface area contributed by atoms with Crippen molar-refractivity contribution in [3.8, 4) is 0 Å². The molecule has 7 nitrogen and oxygen atoms in total. The van der Waals surface area contributed by atoms with Crippen molar-refractivity contribution in [1.82, 2.24) is 10.2 Å². The molecule has 1 saturated carbocycles. The maximum atomic E-state index is 13.7. The minimum Gasteiger partial charge on any atom is -0.352 e. The number of halogens is 1. The van der Waals surface area contributed by atoms with Gasteiger partial charge in [0.1, 0.15) is 12.6 Å². The lowest BCUT2D eigenvalue weighted by Gasteiger charge is -2.33. The molecule has 1 aliphatic rings. The molecule has 184 valence electrons. The maximum Gasteiger partial charge on any atom is 0.244 e. The summed E-state index contributed by atoms with van der Waals surface area (Å²) in [4.78, 5) is 28.4. The van der Waals surface area contributed by atoms with E-state index in [4.69, 9.17) is 0 Å². The lowest BCUT2D eigenvalue weighted by Crippen LogP contribution is -2.53. The van der Waals surface area contributed by atoms with E-state index in [2.05, 4.69) is 21.2 Å². The summed E-state index contributed by atoms with van der Waals surface area (Å²) in [5.74, 6) is -0.621. The molecular weight excluding hydrogens is 518 g/mol. The molecule has 0 unspecified atom stereocenters. The molecule has 0 saturated heterocycles. The van der Waals surface area contributed by atoms with Gasteiger partial charge in [0.2, 0.25) is 21.8 Å². The molecule has 1 atom stereocenters. The van der Waals surface area contributed by atoms with Gasteiger partial charge in [0.25, 0.3) is 0 Å². The summed E-state index contributed by atoms with van der Waals surface area (Å²) in [6, 6.07) is 15.7. The Labute approximate surface area is 210 Å². The minimum absolute atomic E-state index is 0.128. The van der Waals surface area contributed by atoms with Gasteiger partial charge in [0, 0.05) is 17.1 Å². The van der Waals surface area contributed by atoms with E-state index in [1.807, 2.05) is 37.3 Å². The second-order valence-electron chi connectivity index (χ2n) is 8.64. The van der Waals surface area contributed by atoms with Gasteiger partial charge < -0.3 is 10.2 Å². The van der Waals surface area contributed by atoms with E-state index in [-0.39, 0.29) is 18.5 Å². The second-order valence-corrected chi connectivity index (χ2v) is 11.4. The summed E-state index contributed by atoms with van der Waals surface area (Å²) < 4.78 is 27.0. The van der Waals surface area contributed by atoms with Crippen LogP contribution in [0.2, 0.25) is 0 Å². The average molecular weight is 551 g/mol. The van der Waals surface area contributed by atoms with Crippen LogP contribution in [-0.4, -0.2) is 50.0 Å². The Bertz CT molecular complexity index is 1090. The van der Waals surface area contributed by atoms with Crippen molar-refractivity contribution in [3.05, 3.63) is 64.6 Å². The molecule has 2 aromatic carbocycles. The lowest BCUT2D eigenvalue weighted by molar-refractivity contribution is -0.140. The molecule has 0 heterocycles. The number of hydrogen-bond donors (Lipinski definition) is 1. The van der Waals surface area contributed by atoms with E-state index in [0.717, 1.165) is 41.8 Å². The van der Waals surface area contributed by atoms with Crippen LogP contribution in [0.25, 0.3) is 0 Å². The summed E-state index contributed by atoms with van der Waals surface area (Å²) in [6.07, 6.45) is 5.56. The molecule has 2 amide bonds. The fraction of sp³-hybridized carbons (Fsp3) is 0.440. The highest BCUT2D eigenvalue weighted by Crippen LogP contribution is 2.28. The van der Waals surface area contributed by atoms with Gasteiger partial charge in [-0.1, -0.05) is 62.2 Å². The van der Waals surface area contributed by atoms with Crippen molar-refractivity contribution in [2.24, 2.45) is 0 Å². The fourth-order valence-corrected chi connectivity index (χ4v) is 5.79. The largest absolute Gasteiger partial charge is 0.352 e. The number of para-hydroxylation sites is 1. The first-order valence-corrected chi connectivity index (χ1v) is 14.2. The minimum atomic E-state index is -3.76. The Morgan fingerprint density at radius 1 is 1.06 bits per heavy atom. The van der Waals surface area contributed by atoms with Gasteiger partial charge in [-0.15, -0.1) is 0 Å². The van der Waals surface area contributed by atoms with Crippen LogP contribution in [0.5, 0.6) is 0 Å². The molecule has 3 rings (SSSR count). The quantitative estimate of drug-likeness (QED) is 0.483. The third-order valence-corrected chi connectivity index (χ3v) is 7.88. The van der Waals surface area contributed by atoms with Crippen LogP contribution < -0.4 is 9.62 Å². The Kier molecular flexibility index (Phi) is 9.13. The van der Waals surface area contributed by atoms with Gasteiger partial charge in [0.15, 0.2) is 0 Å². The van der Waals surface area contributed by atoms with Crippen molar-refractivity contribution < 1.29 is 18.0 Å². The molecule has 0 radical (unpaired) electrons. The zero-order valence-corrected chi connectivity index (χ0v) is 22.0. The molecule has 0 bridgehead atoms. The van der Waals surface area contributed by atoms with E-state index in [1.165, 1.54) is 4.90 Å². The van der Waals surface area contributed by atoms with Crippen molar-refractivity contribution in [2.45, 2.75) is 57.7 Å². The van der Waals surface area contributed by atoms with E-state index in [9.17, 15) is 18.0 Å². The molecule has 1 aliphatic carbocycles. The van der Waals surface area contributed by atoms with Gasteiger partial charge in [0.05, 0.1) is 11.9 Å². The highest BCUT2D eigenvalue weighted by molar-refractivity contribution is 9.10. The van der Waals surface area contributed by atoms with E-state index in [0.29, 0.717) is 16.6 Å². The average Bonchev–Trinajstić information content (AvgIpc) is 3.31. The van der Waals surface area contributed by atoms with Crippen LogP contribution in [0.4, 0.5) is 5.69 Å². The standard InChI is InChI=1S/C25H32BrN3O4S/c1-3-22(25(31)27-20-13-7-8-14-20)28(17-19-11-5-4-6-12-19)24(30)18-29(34(2,32)33)23-16-10-9-15-21(23)26/h4-6,9-12,15-16,20,22H,3,7-8,13-14,17-18H2,1-2H3,(H,27,31)/t22-/m1/s1. The van der Waals surface area contributed by atoms with Gasteiger partial charge in [-0.3, -0.25) is 13.9 Å². The number of benzene rings is 2. The number of nitrogens with zero attached hydrogens (tertiary/aromatic N) is 2. The van der Waals surface area contributed by atoms with Gasteiger partial charge in [-0.2, -0.15) is 0 Å². The van der Waals surface area contributed by atoms with Crippen LogP contribution in [-0.2, 0) is 26.2 Å². The number of amides is 2. The molecule has 34 heavy (non-hydrogen) atoms. The zero-order chi connectivity index (χ0) is 24.7. The van der Waals surface area contributed by atoms with Crippen molar-refractivity contribution in [3.63, 3.8) is 0 Å². The molecular formula is C25H32BrN3O4S. The predicted molar refractivity (Wildman–Crippen MR) is 138 cm³/mol. The van der Waals surface area contributed by atoms with Crippen molar-refractivity contribution >= 4 is 43.5 Å². The Balaban J connectivity index is 1.91. The SMILES string of the molecule is CC[C@H](C(=O)NC1CCCC1)N(Cc1ccccc1)C(=O)CN(c1ccccc1Br)S(C)(=O)=O. The highest BCUT2D eigenvalue weighted by atomic mass is 79.9. The first-order chi connectivity index (χ1) is 16.2. The molecule has 0 aromatic heterocycles. The number of carbonyl (C=O) groups excluding carboxylic acids is 2. The van der Waals surface area contributed by atoms with Crippen LogP contribution in [0.1, 0.15) is 44.6 Å². The summed E-state index contributed by atoms with van der Waals surface area (Å²) in [5.41, 5.74) is 1.25. The summed E-state index contributed by atoms with van der Waals surface area (Å²) in [7, 11) is -3.76. The molecule has 0 aliphatic heterocycles. The molecule has 0 spiro atoms. The normalized spacial score (nSPS) is 15.0.